The van der Waals surface area contributed by atoms with E-state index in [2.05, 4.69) is 24.4 Å². The van der Waals surface area contributed by atoms with Crippen LogP contribution in [0.2, 0.25) is 0 Å². The summed E-state index contributed by atoms with van der Waals surface area (Å²) in [7, 11) is 0. The second kappa shape index (κ2) is 3.60. The predicted molar refractivity (Wildman–Crippen MR) is 60.6 cm³/mol. The Kier molecular flexibility index (Phi) is 2.37. The van der Waals surface area contributed by atoms with E-state index < -0.39 is 0 Å². The summed E-state index contributed by atoms with van der Waals surface area (Å²) in [5.74, 6) is 2.70. The van der Waals surface area contributed by atoms with Crippen molar-refractivity contribution in [2.75, 3.05) is 26.3 Å². The first-order valence-electron chi connectivity index (χ1n) is 6.22. The molecule has 1 saturated carbocycles. The minimum absolute atomic E-state index is 0.424. The zero-order valence-corrected chi connectivity index (χ0v) is 9.54. The number of hydrogen-bond donors (Lipinski definition) is 1. The molecule has 1 N–H and O–H groups in total. The lowest BCUT2D eigenvalue weighted by atomic mass is 9.88. The standard InChI is InChI=1S/C13H21NO/c1-13(8-15-9-13)7-14-6-12-5-10-2-3-11(12)4-10/h2-3,10-12,14H,4-9H2,1H3. The maximum atomic E-state index is 5.26. The molecule has 1 heterocycles. The van der Waals surface area contributed by atoms with Gasteiger partial charge < -0.3 is 10.1 Å². The number of hydrogen-bond acceptors (Lipinski definition) is 2. The molecule has 0 spiro atoms. The molecular formula is C13H21NO. The van der Waals surface area contributed by atoms with Gasteiger partial charge in [0.25, 0.3) is 0 Å². The minimum Gasteiger partial charge on any atom is -0.380 e. The molecular weight excluding hydrogens is 186 g/mol. The molecule has 0 radical (unpaired) electrons. The van der Waals surface area contributed by atoms with Crippen molar-refractivity contribution in [3.8, 4) is 0 Å². The smallest absolute Gasteiger partial charge is 0.0554 e. The molecule has 2 bridgehead atoms. The summed E-state index contributed by atoms with van der Waals surface area (Å²) in [6, 6.07) is 0. The van der Waals surface area contributed by atoms with Gasteiger partial charge >= 0.3 is 0 Å². The fourth-order valence-corrected chi connectivity index (χ4v) is 3.24. The average molecular weight is 207 g/mol. The molecule has 1 aliphatic heterocycles. The third-order valence-corrected chi connectivity index (χ3v) is 4.28. The van der Waals surface area contributed by atoms with Gasteiger partial charge in [0.05, 0.1) is 13.2 Å². The first-order valence-corrected chi connectivity index (χ1v) is 6.22. The van der Waals surface area contributed by atoms with Gasteiger partial charge in [0, 0.05) is 12.0 Å². The third kappa shape index (κ3) is 1.85. The van der Waals surface area contributed by atoms with Crippen molar-refractivity contribution in [2.24, 2.45) is 23.2 Å². The second-order valence-electron chi connectivity index (χ2n) is 5.97. The molecule has 2 nitrogen and oxygen atoms in total. The highest BCUT2D eigenvalue weighted by molar-refractivity contribution is 5.10. The predicted octanol–water partition coefficient (Wildman–Crippen LogP) is 1.82. The van der Waals surface area contributed by atoms with E-state index in [1.165, 1.54) is 19.4 Å². The van der Waals surface area contributed by atoms with Gasteiger partial charge in [-0.05, 0) is 37.1 Å². The minimum atomic E-state index is 0.424. The molecule has 2 fully saturated rings. The molecule has 15 heavy (non-hydrogen) atoms. The highest BCUT2D eigenvalue weighted by Crippen LogP contribution is 2.43. The Morgan fingerprint density at radius 3 is 2.73 bits per heavy atom. The van der Waals surface area contributed by atoms with E-state index in [0.29, 0.717) is 5.41 Å². The van der Waals surface area contributed by atoms with Crippen LogP contribution in [0.4, 0.5) is 0 Å². The Bertz CT molecular complexity index is 270. The summed E-state index contributed by atoms with van der Waals surface area (Å²) in [5.41, 5.74) is 0.424. The lowest BCUT2D eigenvalue weighted by molar-refractivity contribution is -0.0992. The maximum absolute atomic E-state index is 5.26. The molecule has 3 rings (SSSR count). The van der Waals surface area contributed by atoms with Crippen molar-refractivity contribution in [3.05, 3.63) is 12.2 Å². The van der Waals surface area contributed by atoms with Gasteiger partial charge in [-0.2, -0.15) is 0 Å². The number of nitrogens with one attached hydrogen (secondary N) is 1. The first kappa shape index (κ1) is 9.86. The van der Waals surface area contributed by atoms with Gasteiger partial charge in [0.15, 0.2) is 0 Å². The quantitative estimate of drug-likeness (QED) is 0.710. The fraction of sp³-hybridized carbons (Fsp3) is 0.846. The van der Waals surface area contributed by atoms with Gasteiger partial charge in [0.2, 0.25) is 0 Å². The van der Waals surface area contributed by atoms with E-state index in [4.69, 9.17) is 4.74 Å². The second-order valence-corrected chi connectivity index (χ2v) is 5.97. The lowest BCUT2D eigenvalue weighted by Crippen LogP contribution is -2.48. The molecule has 0 aromatic heterocycles. The topological polar surface area (TPSA) is 21.3 Å². The summed E-state index contributed by atoms with van der Waals surface area (Å²) >= 11 is 0. The van der Waals surface area contributed by atoms with Crippen LogP contribution in [0.3, 0.4) is 0 Å². The molecule has 84 valence electrons. The van der Waals surface area contributed by atoms with Crippen molar-refractivity contribution in [1.82, 2.24) is 5.32 Å². The molecule has 2 heteroatoms. The Balaban J connectivity index is 1.41. The van der Waals surface area contributed by atoms with Gasteiger partial charge in [-0.15, -0.1) is 0 Å². The van der Waals surface area contributed by atoms with Gasteiger partial charge in [-0.1, -0.05) is 19.1 Å². The van der Waals surface area contributed by atoms with Crippen LogP contribution in [0, 0.1) is 23.2 Å². The van der Waals surface area contributed by atoms with E-state index in [9.17, 15) is 0 Å². The van der Waals surface area contributed by atoms with Crippen molar-refractivity contribution in [2.45, 2.75) is 19.8 Å². The molecule has 1 saturated heterocycles. The van der Waals surface area contributed by atoms with Crippen LogP contribution < -0.4 is 5.32 Å². The van der Waals surface area contributed by atoms with Crippen LogP contribution in [0.5, 0.6) is 0 Å². The van der Waals surface area contributed by atoms with Crippen LogP contribution in [-0.4, -0.2) is 26.3 Å². The summed E-state index contributed by atoms with van der Waals surface area (Å²) in [5, 5.41) is 3.64. The summed E-state index contributed by atoms with van der Waals surface area (Å²) in [6.45, 7) is 6.53. The zero-order valence-electron chi connectivity index (χ0n) is 9.54. The summed E-state index contributed by atoms with van der Waals surface area (Å²) in [4.78, 5) is 0. The van der Waals surface area contributed by atoms with Crippen LogP contribution in [0.15, 0.2) is 12.2 Å². The number of ether oxygens (including phenoxy) is 1. The van der Waals surface area contributed by atoms with Crippen molar-refractivity contribution in [1.29, 1.82) is 0 Å². The fourth-order valence-electron chi connectivity index (χ4n) is 3.24. The molecule has 2 aliphatic carbocycles. The average Bonchev–Trinajstić information content (AvgIpc) is 2.76. The van der Waals surface area contributed by atoms with E-state index >= 15 is 0 Å². The maximum Gasteiger partial charge on any atom is 0.0554 e. The highest BCUT2D eigenvalue weighted by Gasteiger charge is 2.36. The first-order chi connectivity index (χ1) is 7.25. The van der Waals surface area contributed by atoms with Crippen molar-refractivity contribution >= 4 is 0 Å². The van der Waals surface area contributed by atoms with E-state index in [1.807, 2.05) is 0 Å². The number of allylic oxidation sites excluding steroid dienone is 2. The van der Waals surface area contributed by atoms with Crippen LogP contribution in [0.25, 0.3) is 0 Å². The van der Waals surface area contributed by atoms with E-state index in [1.54, 1.807) is 0 Å². The molecule has 0 amide bonds. The monoisotopic (exact) mass is 207 g/mol. The Hall–Kier alpha value is -0.340. The summed E-state index contributed by atoms with van der Waals surface area (Å²) in [6.07, 6.45) is 7.70. The van der Waals surface area contributed by atoms with Gasteiger partial charge in [-0.3, -0.25) is 0 Å². The van der Waals surface area contributed by atoms with Crippen LogP contribution >= 0.6 is 0 Å². The van der Waals surface area contributed by atoms with Gasteiger partial charge in [-0.25, -0.2) is 0 Å². The molecule has 3 atom stereocenters. The summed E-state index contributed by atoms with van der Waals surface area (Å²) < 4.78 is 5.26. The van der Waals surface area contributed by atoms with E-state index in [-0.39, 0.29) is 0 Å². The number of rotatable bonds is 4. The van der Waals surface area contributed by atoms with Crippen molar-refractivity contribution < 1.29 is 4.74 Å². The Morgan fingerprint density at radius 1 is 1.33 bits per heavy atom. The normalized spacial score (nSPS) is 40.7. The molecule has 3 aliphatic rings. The van der Waals surface area contributed by atoms with Crippen LogP contribution in [0.1, 0.15) is 19.8 Å². The highest BCUT2D eigenvalue weighted by atomic mass is 16.5. The number of fused-ring (bicyclic) bond motifs is 2. The zero-order chi connectivity index (χ0) is 10.3. The van der Waals surface area contributed by atoms with E-state index in [0.717, 1.165) is 37.5 Å². The lowest BCUT2D eigenvalue weighted by Gasteiger charge is -2.38. The van der Waals surface area contributed by atoms with Crippen LogP contribution in [-0.2, 0) is 4.74 Å². The Labute approximate surface area is 92.1 Å². The molecule has 0 aromatic carbocycles. The van der Waals surface area contributed by atoms with Gasteiger partial charge in [0.1, 0.15) is 0 Å². The SMILES string of the molecule is CC1(CNCC2CC3C=CC2C3)COC1. The third-order valence-electron chi connectivity index (χ3n) is 4.28. The van der Waals surface area contributed by atoms with Crippen molar-refractivity contribution in [3.63, 3.8) is 0 Å². The molecule has 3 unspecified atom stereocenters. The Morgan fingerprint density at radius 2 is 2.20 bits per heavy atom. The molecule has 0 aromatic rings. The largest absolute Gasteiger partial charge is 0.380 e.